The van der Waals surface area contributed by atoms with E-state index < -0.39 is 23.3 Å². The van der Waals surface area contributed by atoms with Crippen molar-refractivity contribution >= 4 is 11.8 Å². The topological polar surface area (TPSA) is 114 Å². The first-order chi connectivity index (χ1) is 14.5. The van der Waals surface area contributed by atoms with Crippen LogP contribution in [0.2, 0.25) is 0 Å². The van der Waals surface area contributed by atoms with E-state index in [9.17, 15) is 14.4 Å². The first-order valence-corrected chi connectivity index (χ1v) is 9.22. The molecule has 9 heteroatoms. The van der Waals surface area contributed by atoms with Crippen LogP contribution < -0.4 is 31.4 Å². The number of urea groups is 1. The van der Waals surface area contributed by atoms with Crippen LogP contribution >= 0.6 is 0 Å². The molecule has 2 amide bonds. The predicted octanol–water partition coefficient (Wildman–Crippen LogP) is 1.83. The third-order valence-electron chi connectivity index (χ3n) is 4.96. The number of fused-ring (bicyclic) bond motifs is 1. The molecule has 30 heavy (non-hydrogen) atoms. The van der Waals surface area contributed by atoms with Gasteiger partial charge in [0.05, 0.1) is 32.4 Å². The van der Waals surface area contributed by atoms with Gasteiger partial charge in [0, 0.05) is 0 Å². The first kappa shape index (κ1) is 19.3. The van der Waals surface area contributed by atoms with Crippen LogP contribution in [0.3, 0.4) is 0 Å². The number of H-pyrrole nitrogens is 1. The Morgan fingerprint density at radius 3 is 2.40 bits per heavy atom. The van der Waals surface area contributed by atoms with Crippen molar-refractivity contribution in [3.05, 3.63) is 86.1 Å². The number of nitrogens with zero attached hydrogens (tertiary/aromatic N) is 1. The second kappa shape index (κ2) is 7.78. The van der Waals surface area contributed by atoms with Crippen molar-refractivity contribution < 1.29 is 14.3 Å². The number of aromatic amines is 1. The van der Waals surface area contributed by atoms with Gasteiger partial charge in [-0.2, -0.15) is 0 Å². The van der Waals surface area contributed by atoms with Gasteiger partial charge >= 0.3 is 11.7 Å². The number of carbonyl (C=O) groups is 1. The Labute approximate surface area is 171 Å². The molecule has 2 aromatic carbocycles. The highest BCUT2D eigenvalue weighted by atomic mass is 16.5. The SMILES string of the molecule is COc1ccc(C2NC(=O)Nc3c2c(=O)[nH]c(=O)n3Cc2ccccc2)cc1OC. The first-order valence-electron chi connectivity index (χ1n) is 9.22. The summed E-state index contributed by atoms with van der Waals surface area (Å²) in [5, 5.41) is 5.37. The van der Waals surface area contributed by atoms with Crippen LogP contribution in [0.15, 0.2) is 58.1 Å². The molecule has 1 atom stereocenters. The van der Waals surface area contributed by atoms with E-state index in [1.807, 2.05) is 30.3 Å². The molecule has 0 radical (unpaired) electrons. The number of methoxy groups -OCH3 is 2. The quantitative estimate of drug-likeness (QED) is 0.596. The lowest BCUT2D eigenvalue weighted by atomic mass is 9.98. The molecule has 1 aromatic heterocycles. The highest BCUT2D eigenvalue weighted by Gasteiger charge is 2.32. The zero-order valence-corrected chi connectivity index (χ0v) is 16.4. The molecule has 4 rings (SSSR count). The summed E-state index contributed by atoms with van der Waals surface area (Å²) < 4.78 is 11.9. The van der Waals surface area contributed by atoms with Gasteiger partial charge in [-0.05, 0) is 23.3 Å². The maximum atomic E-state index is 12.7. The van der Waals surface area contributed by atoms with Crippen LogP contribution in [0, 0.1) is 0 Å². The maximum absolute atomic E-state index is 12.7. The van der Waals surface area contributed by atoms with Crippen LogP contribution in [0.1, 0.15) is 22.7 Å². The fourth-order valence-corrected chi connectivity index (χ4v) is 3.54. The van der Waals surface area contributed by atoms with Crippen molar-refractivity contribution in [3.63, 3.8) is 0 Å². The van der Waals surface area contributed by atoms with Gasteiger partial charge in [0.25, 0.3) is 5.56 Å². The number of rotatable bonds is 5. The molecule has 9 nitrogen and oxygen atoms in total. The lowest BCUT2D eigenvalue weighted by Crippen LogP contribution is -2.46. The Bertz CT molecular complexity index is 1220. The second-order valence-electron chi connectivity index (χ2n) is 6.74. The van der Waals surface area contributed by atoms with E-state index in [0.29, 0.717) is 17.1 Å². The highest BCUT2D eigenvalue weighted by molar-refractivity contribution is 5.92. The standard InChI is InChI=1S/C21H20N4O5/c1-29-14-9-8-13(10-15(14)30-2)17-16-18(23-20(27)22-17)25(21(28)24-19(16)26)11-12-6-4-3-5-7-12/h3-10,17H,11H2,1-2H3,(H2,22,23,27)(H,24,26,28). The number of nitrogens with one attached hydrogen (secondary N) is 3. The number of aromatic nitrogens is 2. The number of hydrogen-bond acceptors (Lipinski definition) is 5. The van der Waals surface area contributed by atoms with E-state index in [0.717, 1.165) is 5.56 Å². The summed E-state index contributed by atoms with van der Waals surface area (Å²) in [5.74, 6) is 1.14. The monoisotopic (exact) mass is 408 g/mol. The summed E-state index contributed by atoms with van der Waals surface area (Å²) in [6.45, 7) is 0.192. The average molecular weight is 408 g/mol. The van der Waals surface area contributed by atoms with Crippen molar-refractivity contribution in [3.8, 4) is 11.5 Å². The number of benzene rings is 2. The number of amides is 2. The van der Waals surface area contributed by atoms with Gasteiger partial charge in [0.1, 0.15) is 5.82 Å². The molecule has 1 aliphatic rings. The minimum atomic E-state index is -0.778. The van der Waals surface area contributed by atoms with Crippen LogP contribution in [-0.2, 0) is 6.54 Å². The molecule has 3 N–H and O–H groups in total. The second-order valence-corrected chi connectivity index (χ2v) is 6.74. The molecule has 0 fully saturated rings. The van der Waals surface area contributed by atoms with Crippen molar-refractivity contribution in [2.24, 2.45) is 0 Å². The Balaban J connectivity index is 1.87. The Morgan fingerprint density at radius 1 is 0.967 bits per heavy atom. The summed E-state index contributed by atoms with van der Waals surface area (Å²) in [6, 6.07) is 13.1. The molecule has 1 aliphatic heterocycles. The third-order valence-corrected chi connectivity index (χ3v) is 4.96. The van der Waals surface area contributed by atoms with Crippen LogP contribution in [0.4, 0.5) is 10.6 Å². The minimum Gasteiger partial charge on any atom is -0.493 e. The molecule has 0 bridgehead atoms. The molecule has 154 valence electrons. The average Bonchev–Trinajstić information content (AvgIpc) is 2.76. The lowest BCUT2D eigenvalue weighted by molar-refractivity contribution is 0.248. The molecule has 0 spiro atoms. The van der Waals surface area contributed by atoms with Gasteiger partial charge in [-0.25, -0.2) is 9.59 Å². The zero-order chi connectivity index (χ0) is 21.3. The van der Waals surface area contributed by atoms with Crippen LogP contribution in [0.5, 0.6) is 11.5 Å². The summed E-state index contributed by atoms with van der Waals surface area (Å²) >= 11 is 0. The van der Waals surface area contributed by atoms with Gasteiger partial charge in [0.2, 0.25) is 0 Å². The van der Waals surface area contributed by atoms with Gasteiger partial charge in [-0.1, -0.05) is 36.4 Å². The molecular formula is C21H20N4O5. The van der Waals surface area contributed by atoms with Gasteiger partial charge < -0.3 is 14.8 Å². The Kier molecular flexibility index (Phi) is 5.01. The summed E-state index contributed by atoms with van der Waals surface area (Å²) in [5.41, 5.74) is 0.517. The number of hydrogen-bond donors (Lipinski definition) is 3. The summed E-state index contributed by atoms with van der Waals surface area (Å²) in [6.07, 6.45) is 0. The molecular weight excluding hydrogens is 388 g/mol. The Morgan fingerprint density at radius 2 is 1.70 bits per heavy atom. The van der Waals surface area contributed by atoms with Gasteiger partial charge in [-0.3, -0.25) is 19.7 Å². The van der Waals surface area contributed by atoms with Crippen molar-refractivity contribution in [2.75, 3.05) is 19.5 Å². The van der Waals surface area contributed by atoms with E-state index in [4.69, 9.17) is 9.47 Å². The molecule has 0 saturated carbocycles. The van der Waals surface area contributed by atoms with E-state index in [-0.39, 0.29) is 17.9 Å². The number of ether oxygens (including phenoxy) is 2. The van der Waals surface area contributed by atoms with Crippen LogP contribution in [0.25, 0.3) is 0 Å². The van der Waals surface area contributed by atoms with Crippen molar-refractivity contribution in [2.45, 2.75) is 12.6 Å². The predicted molar refractivity (Wildman–Crippen MR) is 110 cm³/mol. The number of anilines is 1. The maximum Gasteiger partial charge on any atom is 0.330 e. The van der Waals surface area contributed by atoms with Gasteiger partial charge in [0.15, 0.2) is 11.5 Å². The van der Waals surface area contributed by atoms with Gasteiger partial charge in [-0.15, -0.1) is 0 Å². The smallest absolute Gasteiger partial charge is 0.330 e. The molecule has 3 aromatic rings. The number of carbonyl (C=O) groups excluding carboxylic acids is 1. The minimum absolute atomic E-state index is 0.163. The van der Waals surface area contributed by atoms with Crippen molar-refractivity contribution in [1.82, 2.24) is 14.9 Å². The normalized spacial score (nSPS) is 15.0. The third kappa shape index (κ3) is 3.41. The van der Waals surface area contributed by atoms with E-state index in [1.54, 1.807) is 18.2 Å². The van der Waals surface area contributed by atoms with Crippen molar-refractivity contribution in [1.29, 1.82) is 0 Å². The van der Waals surface area contributed by atoms with E-state index in [1.165, 1.54) is 18.8 Å². The Hall–Kier alpha value is -4.01. The molecule has 0 saturated heterocycles. The zero-order valence-electron chi connectivity index (χ0n) is 16.4. The van der Waals surface area contributed by atoms with E-state index >= 15 is 0 Å². The summed E-state index contributed by atoms with van der Waals surface area (Å²) in [7, 11) is 3.02. The van der Waals surface area contributed by atoms with Crippen LogP contribution in [-0.4, -0.2) is 29.8 Å². The summed E-state index contributed by atoms with van der Waals surface area (Å²) in [4.78, 5) is 40.1. The lowest BCUT2D eigenvalue weighted by Gasteiger charge is -2.29. The fourth-order valence-electron chi connectivity index (χ4n) is 3.54. The molecule has 2 heterocycles. The highest BCUT2D eigenvalue weighted by Crippen LogP contribution is 2.34. The largest absolute Gasteiger partial charge is 0.493 e. The molecule has 1 unspecified atom stereocenters. The molecule has 0 aliphatic carbocycles. The fraction of sp³-hybridized carbons (Fsp3) is 0.190. The van der Waals surface area contributed by atoms with E-state index in [2.05, 4.69) is 15.6 Å².